The first kappa shape index (κ1) is 30.2. The molecule has 3 aliphatic heterocycles. The molecule has 6 unspecified atom stereocenters. The van der Waals surface area contributed by atoms with Gasteiger partial charge in [-0.05, 0) is 67.0 Å². The summed E-state index contributed by atoms with van der Waals surface area (Å²) in [5.74, 6) is -0.234. The normalized spacial score (nSPS) is 32.0. The van der Waals surface area contributed by atoms with E-state index >= 15 is 0 Å². The Kier molecular flexibility index (Phi) is 8.18. The van der Waals surface area contributed by atoms with Crippen molar-refractivity contribution in [1.82, 2.24) is 10.2 Å². The van der Waals surface area contributed by atoms with Crippen LogP contribution in [0.5, 0.6) is 11.5 Å². The number of amides is 3. The van der Waals surface area contributed by atoms with Crippen molar-refractivity contribution in [3.05, 3.63) is 65.7 Å². The molecule has 2 N–H and O–H groups in total. The molecule has 2 aromatic carbocycles. The number of anilines is 1. The lowest BCUT2D eigenvalue weighted by atomic mass is 9.73. The van der Waals surface area contributed by atoms with Crippen LogP contribution in [0.3, 0.4) is 0 Å². The van der Waals surface area contributed by atoms with Crippen LogP contribution in [0, 0.1) is 30.6 Å². The number of hydrogen-bond acceptors (Lipinski definition) is 6. The molecule has 2 bridgehead atoms. The molecule has 8 atom stereocenters. The minimum Gasteiger partial charge on any atom is -0.493 e. The highest BCUT2D eigenvalue weighted by molar-refractivity contribution is 6.02. The van der Waals surface area contributed by atoms with Crippen molar-refractivity contribution in [1.29, 1.82) is 0 Å². The van der Waals surface area contributed by atoms with Crippen LogP contribution < -0.4 is 20.1 Å². The van der Waals surface area contributed by atoms with Gasteiger partial charge in [-0.3, -0.25) is 14.4 Å². The van der Waals surface area contributed by atoms with Crippen LogP contribution in [0.1, 0.15) is 44.2 Å². The molecule has 3 fully saturated rings. The predicted molar refractivity (Wildman–Crippen MR) is 166 cm³/mol. The second-order valence-corrected chi connectivity index (χ2v) is 12.9. The first-order valence-electron chi connectivity index (χ1n) is 15.7. The van der Waals surface area contributed by atoms with Crippen LogP contribution in [-0.2, 0) is 25.5 Å². The van der Waals surface area contributed by atoms with Crippen LogP contribution >= 0.6 is 0 Å². The third-order valence-corrected chi connectivity index (χ3v) is 10.3. The number of methoxy groups -OCH3 is 2. The van der Waals surface area contributed by atoms with Crippen LogP contribution in [0.4, 0.5) is 5.69 Å². The Morgan fingerprint density at radius 2 is 1.84 bits per heavy atom. The van der Waals surface area contributed by atoms with Gasteiger partial charge in [0.1, 0.15) is 11.6 Å². The van der Waals surface area contributed by atoms with E-state index in [4.69, 9.17) is 14.2 Å². The average Bonchev–Trinajstić information content (AvgIpc) is 3.65. The number of benzene rings is 2. The van der Waals surface area contributed by atoms with E-state index in [2.05, 4.69) is 24.5 Å². The lowest BCUT2D eigenvalue weighted by Crippen LogP contribution is -2.58. The smallest absolute Gasteiger partial charge is 0.246 e. The summed E-state index contributed by atoms with van der Waals surface area (Å²) in [4.78, 5) is 44.1. The van der Waals surface area contributed by atoms with Crippen LogP contribution in [-0.4, -0.2) is 67.2 Å². The molecule has 1 saturated carbocycles. The van der Waals surface area contributed by atoms with Gasteiger partial charge in [-0.1, -0.05) is 57.0 Å². The lowest BCUT2D eigenvalue weighted by Gasteiger charge is -2.38. The molecule has 234 valence electrons. The molecule has 1 aliphatic carbocycles. The second-order valence-electron chi connectivity index (χ2n) is 12.9. The first-order valence-corrected chi connectivity index (χ1v) is 15.7. The Morgan fingerprint density at radius 1 is 1.05 bits per heavy atom. The molecule has 2 saturated heterocycles. The summed E-state index contributed by atoms with van der Waals surface area (Å²) < 4.78 is 17.4. The zero-order chi connectivity index (χ0) is 31.2. The van der Waals surface area contributed by atoms with E-state index in [1.165, 1.54) is 0 Å². The molecule has 0 radical (unpaired) electrons. The molecule has 2 aromatic rings. The summed E-state index contributed by atoms with van der Waals surface area (Å²) in [6.07, 6.45) is 6.73. The number of carbonyl (C=O) groups excluding carboxylic acids is 3. The highest BCUT2D eigenvalue weighted by Gasteiger charge is 2.72. The highest BCUT2D eigenvalue weighted by atomic mass is 16.5. The number of nitrogens with zero attached hydrogens (tertiary/aromatic N) is 1. The van der Waals surface area contributed by atoms with E-state index in [9.17, 15) is 14.4 Å². The zero-order valence-electron chi connectivity index (χ0n) is 26.2. The topological polar surface area (TPSA) is 106 Å². The predicted octanol–water partition coefficient (Wildman–Crippen LogP) is 4.28. The van der Waals surface area contributed by atoms with Crippen molar-refractivity contribution in [2.45, 2.75) is 70.2 Å². The van der Waals surface area contributed by atoms with Crippen molar-refractivity contribution in [3.8, 4) is 11.5 Å². The van der Waals surface area contributed by atoms with Crippen molar-refractivity contribution >= 4 is 23.4 Å². The van der Waals surface area contributed by atoms with Gasteiger partial charge in [-0.2, -0.15) is 0 Å². The molecule has 9 heteroatoms. The number of fused-ring (bicyclic) bond motifs is 1. The number of aryl methyl sites for hydroxylation is 1. The lowest BCUT2D eigenvalue weighted by molar-refractivity contribution is -0.141. The largest absolute Gasteiger partial charge is 0.493 e. The Morgan fingerprint density at radius 3 is 2.59 bits per heavy atom. The van der Waals surface area contributed by atoms with Crippen LogP contribution in [0.2, 0.25) is 0 Å². The van der Waals surface area contributed by atoms with Crippen molar-refractivity contribution in [3.63, 3.8) is 0 Å². The van der Waals surface area contributed by atoms with Gasteiger partial charge in [0.25, 0.3) is 0 Å². The number of ether oxygens (including phenoxy) is 3. The molecular formula is C35H43N3O6. The quantitative estimate of drug-likeness (QED) is 0.416. The average molecular weight is 602 g/mol. The maximum Gasteiger partial charge on any atom is 0.246 e. The molecule has 4 aliphatic rings. The van der Waals surface area contributed by atoms with E-state index < -0.39 is 29.6 Å². The summed E-state index contributed by atoms with van der Waals surface area (Å²) in [5, 5.41) is 6.33. The molecule has 3 amide bonds. The summed E-state index contributed by atoms with van der Waals surface area (Å²) in [5.41, 5.74) is 1.42. The maximum absolute atomic E-state index is 14.4. The third kappa shape index (κ3) is 5.15. The second kappa shape index (κ2) is 11.9. The third-order valence-electron chi connectivity index (χ3n) is 10.3. The Labute approximate surface area is 259 Å². The standard InChI is InChI=1S/C35H43N3O6/c1-20-8-6-10-24(18-20)36-32(39)29-27-14-16-35(44-27)30(29)34(41)38(17-15-23-12-13-26(42-4)28(19-23)43-5)31(35)33(40)37-25-11-7-9-21(2)22(25)3/h6,8,10,12-14,16,18-19,21-22,25,27,29-31H,7,9,11,15,17H2,1-5H3,(H,36,39)(H,37,40)/t21?,22?,25?,27-,29?,30-,31?,35?/m1/s1. The molecule has 1 spiro atoms. The number of hydrogen-bond donors (Lipinski definition) is 2. The van der Waals surface area contributed by atoms with Crippen molar-refractivity contribution in [2.24, 2.45) is 23.7 Å². The zero-order valence-corrected chi connectivity index (χ0v) is 26.2. The van der Waals surface area contributed by atoms with E-state index in [1.807, 2.05) is 61.5 Å². The maximum atomic E-state index is 14.4. The van der Waals surface area contributed by atoms with Crippen LogP contribution in [0.25, 0.3) is 0 Å². The molecule has 44 heavy (non-hydrogen) atoms. The van der Waals surface area contributed by atoms with Gasteiger partial charge in [0.05, 0.1) is 32.2 Å². The van der Waals surface area contributed by atoms with Gasteiger partial charge in [0.2, 0.25) is 17.7 Å². The molecule has 0 aromatic heterocycles. The number of rotatable bonds is 9. The van der Waals surface area contributed by atoms with Crippen molar-refractivity contribution in [2.75, 3.05) is 26.1 Å². The van der Waals surface area contributed by atoms with E-state index in [0.29, 0.717) is 35.4 Å². The van der Waals surface area contributed by atoms with E-state index in [1.54, 1.807) is 19.1 Å². The highest BCUT2D eigenvalue weighted by Crippen LogP contribution is 2.55. The van der Waals surface area contributed by atoms with Gasteiger partial charge in [-0.15, -0.1) is 0 Å². The number of nitrogens with one attached hydrogen (secondary N) is 2. The van der Waals surface area contributed by atoms with E-state index in [-0.39, 0.29) is 30.3 Å². The van der Waals surface area contributed by atoms with E-state index in [0.717, 1.165) is 30.4 Å². The van der Waals surface area contributed by atoms with Gasteiger partial charge in [-0.25, -0.2) is 0 Å². The van der Waals surface area contributed by atoms with Crippen LogP contribution in [0.15, 0.2) is 54.6 Å². The molecule has 6 rings (SSSR count). The Balaban J connectivity index is 1.30. The van der Waals surface area contributed by atoms with Gasteiger partial charge in [0.15, 0.2) is 11.5 Å². The fourth-order valence-electron chi connectivity index (χ4n) is 7.79. The summed E-state index contributed by atoms with van der Waals surface area (Å²) >= 11 is 0. The minimum atomic E-state index is -1.21. The van der Waals surface area contributed by atoms with Gasteiger partial charge >= 0.3 is 0 Å². The number of carbonyl (C=O) groups is 3. The SMILES string of the molecule is COc1ccc(CCN2C(=O)[C@H]3C(C(=O)Nc4cccc(C)c4)[C@H]4C=CC3(O4)C2C(=O)NC2CCCC(C)C2C)cc1OC. The fourth-order valence-corrected chi connectivity index (χ4v) is 7.79. The molecular weight excluding hydrogens is 558 g/mol. The van der Waals surface area contributed by atoms with Gasteiger partial charge < -0.3 is 29.7 Å². The Hall–Kier alpha value is -3.85. The first-order chi connectivity index (χ1) is 21.2. The summed E-state index contributed by atoms with van der Waals surface area (Å²) in [6, 6.07) is 12.4. The monoisotopic (exact) mass is 601 g/mol. The number of likely N-dealkylation sites (tertiary alicyclic amines) is 1. The fraction of sp³-hybridized carbons (Fsp3) is 0.514. The summed E-state index contributed by atoms with van der Waals surface area (Å²) in [6.45, 7) is 6.67. The summed E-state index contributed by atoms with van der Waals surface area (Å²) in [7, 11) is 3.17. The molecule has 9 nitrogen and oxygen atoms in total. The molecule has 3 heterocycles. The van der Waals surface area contributed by atoms with Gasteiger partial charge in [0, 0.05) is 18.3 Å². The minimum absolute atomic E-state index is 0.0208. The van der Waals surface area contributed by atoms with Crippen molar-refractivity contribution < 1.29 is 28.6 Å². The Bertz CT molecular complexity index is 1470.